The van der Waals surface area contributed by atoms with Crippen LogP contribution < -0.4 is 10.6 Å². The van der Waals surface area contributed by atoms with E-state index in [1.54, 1.807) is 14.2 Å². The number of methoxy groups -OCH3 is 2. The fourth-order valence-corrected chi connectivity index (χ4v) is 2.52. The van der Waals surface area contributed by atoms with E-state index in [0.29, 0.717) is 0 Å². The molecule has 0 saturated carbocycles. The summed E-state index contributed by atoms with van der Waals surface area (Å²) in [5.74, 6) is 0.0878. The van der Waals surface area contributed by atoms with Crippen LogP contribution in [0.15, 0.2) is 18.2 Å². The maximum Gasteiger partial charge on any atom is 0.124 e. The van der Waals surface area contributed by atoms with Crippen molar-refractivity contribution in [2.45, 2.75) is 19.1 Å². The predicted molar refractivity (Wildman–Crippen MR) is 76.0 cm³/mol. The summed E-state index contributed by atoms with van der Waals surface area (Å²) in [6.45, 7) is 3.53. The van der Waals surface area contributed by atoms with E-state index < -0.39 is 0 Å². The molecule has 2 atom stereocenters. The van der Waals surface area contributed by atoms with Crippen LogP contribution in [0.3, 0.4) is 0 Å². The molecule has 19 heavy (non-hydrogen) atoms. The number of nitrogens with zero attached hydrogens (tertiary/aromatic N) is 1. The molecule has 1 heterocycles. The van der Waals surface area contributed by atoms with E-state index in [2.05, 4.69) is 11.0 Å². The summed E-state index contributed by atoms with van der Waals surface area (Å²) in [5, 5.41) is 7.69. The molecule has 5 heteroatoms. The molecule has 1 aliphatic heterocycles. The number of nitrogen functional groups attached to an aromatic ring is 1. The fraction of sp³-hybridized carbons (Fsp3) is 0.500. The molecule has 5 nitrogen and oxygen atoms in total. The largest absolute Gasteiger partial charge is 0.384 e. The molecule has 1 saturated heterocycles. The molecule has 2 rings (SSSR count). The SMILES string of the molecule is COC1CN(c2cc(C)ccc2C(=N)N)CC1OC. The van der Waals surface area contributed by atoms with Crippen molar-refractivity contribution in [2.75, 3.05) is 32.2 Å². The van der Waals surface area contributed by atoms with Crippen LogP contribution in [-0.4, -0.2) is 45.4 Å². The van der Waals surface area contributed by atoms with Crippen molar-refractivity contribution in [3.8, 4) is 0 Å². The van der Waals surface area contributed by atoms with E-state index in [9.17, 15) is 0 Å². The highest BCUT2D eigenvalue weighted by Gasteiger charge is 2.34. The lowest BCUT2D eigenvalue weighted by molar-refractivity contribution is -0.00461. The van der Waals surface area contributed by atoms with Crippen molar-refractivity contribution in [3.63, 3.8) is 0 Å². The summed E-state index contributed by atoms with van der Waals surface area (Å²) < 4.78 is 10.9. The molecule has 1 aliphatic rings. The van der Waals surface area contributed by atoms with Gasteiger partial charge in [0.25, 0.3) is 0 Å². The summed E-state index contributed by atoms with van der Waals surface area (Å²) in [4.78, 5) is 2.17. The van der Waals surface area contributed by atoms with Gasteiger partial charge in [-0.15, -0.1) is 0 Å². The van der Waals surface area contributed by atoms with Crippen molar-refractivity contribution < 1.29 is 9.47 Å². The van der Waals surface area contributed by atoms with Gasteiger partial charge in [0.15, 0.2) is 0 Å². The minimum absolute atomic E-state index is 0.0466. The van der Waals surface area contributed by atoms with Crippen LogP contribution in [0.1, 0.15) is 11.1 Å². The van der Waals surface area contributed by atoms with Gasteiger partial charge in [0, 0.05) is 38.6 Å². The first-order valence-electron chi connectivity index (χ1n) is 6.32. The Morgan fingerprint density at radius 3 is 2.32 bits per heavy atom. The Morgan fingerprint density at radius 1 is 1.26 bits per heavy atom. The van der Waals surface area contributed by atoms with Crippen molar-refractivity contribution in [1.29, 1.82) is 5.41 Å². The molecule has 0 spiro atoms. The third-order valence-electron chi connectivity index (χ3n) is 3.60. The third kappa shape index (κ3) is 2.72. The number of anilines is 1. The van der Waals surface area contributed by atoms with Gasteiger partial charge in [-0.1, -0.05) is 6.07 Å². The minimum Gasteiger partial charge on any atom is -0.384 e. The van der Waals surface area contributed by atoms with Crippen LogP contribution in [-0.2, 0) is 9.47 Å². The average Bonchev–Trinajstić information content (AvgIpc) is 2.81. The highest BCUT2D eigenvalue weighted by Crippen LogP contribution is 2.27. The van der Waals surface area contributed by atoms with Gasteiger partial charge in [0.05, 0.1) is 0 Å². The summed E-state index contributed by atoms with van der Waals surface area (Å²) >= 11 is 0. The molecule has 0 aliphatic carbocycles. The fourth-order valence-electron chi connectivity index (χ4n) is 2.52. The number of amidine groups is 1. The normalized spacial score (nSPS) is 22.8. The molecule has 3 N–H and O–H groups in total. The second-order valence-electron chi connectivity index (χ2n) is 4.89. The Hall–Kier alpha value is -1.59. The molecular formula is C14H21N3O2. The smallest absolute Gasteiger partial charge is 0.124 e. The summed E-state index contributed by atoms with van der Waals surface area (Å²) in [6, 6.07) is 5.92. The Kier molecular flexibility index (Phi) is 4.07. The summed E-state index contributed by atoms with van der Waals surface area (Å²) in [6.07, 6.45) is 0.0932. The molecule has 104 valence electrons. The number of ether oxygens (including phenoxy) is 2. The van der Waals surface area contributed by atoms with Gasteiger partial charge in [0.2, 0.25) is 0 Å². The van der Waals surface area contributed by atoms with Crippen molar-refractivity contribution in [2.24, 2.45) is 5.73 Å². The topological polar surface area (TPSA) is 71.6 Å². The van der Waals surface area contributed by atoms with Crippen LogP contribution >= 0.6 is 0 Å². The van der Waals surface area contributed by atoms with Crippen LogP contribution in [0.2, 0.25) is 0 Å². The standard InChI is InChI=1S/C14H21N3O2/c1-9-4-5-10(14(15)16)11(6-9)17-7-12(18-2)13(8-17)19-3/h4-6,12-13H,7-8H2,1-3H3,(H3,15,16). The van der Waals surface area contributed by atoms with Gasteiger partial charge in [-0.05, 0) is 24.6 Å². The predicted octanol–water partition coefficient (Wildman–Crippen LogP) is 1.13. The van der Waals surface area contributed by atoms with Gasteiger partial charge in [-0.3, -0.25) is 5.41 Å². The number of hydrogen-bond donors (Lipinski definition) is 2. The Labute approximate surface area is 113 Å². The number of aryl methyl sites for hydroxylation is 1. The second kappa shape index (κ2) is 5.59. The van der Waals surface area contributed by atoms with Crippen LogP contribution in [0.5, 0.6) is 0 Å². The first-order valence-corrected chi connectivity index (χ1v) is 6.32. The van der Waals surface area contributed by atoms with E-state index in [1.807, 2.05) is 19.1 Å². The van der Waals surface area contributed by atoms with Gasteiger partial charge in [-0.25, -0.2) is 0 Å². The van der Waals surface area contributed by atoms with Crippen molar-refractivity contribution in [3.05, 3.63) is 29.3 Å². The zero-order valence-corrected chi connectivity index (χ0v) is 11.6. The van der Waals surface area contributed by atoms with E-state index in [0.717, 1.165) is 29.9 Å². The molecule has 0 bridgehead atoms. The Bertz CT molecular complexity index is 464. The molecule has 0 amide bonds. The van der Waals surface area contributed by atoms with Gasteiger partial charge in [0.1, 0.15) is 18.0 Å². The average molecular weight is 263 g/mol. The van der Waals surface area contributed by atoms with Crippen molar-refractivity contribution in [1.82, 2.24) is 0 Å². The first-order chi connectivity index (χ1) is 9.06. The van der Waals surface area contributed by atoms with Crippen LogP contribution in [0.4, 0.5) is 5.69 Å². The van der Waals surface area contributed by atoms with Gasteiger partial charge in [-0.2, -0.15) is 0 Å². The third-order valence-corrected chi connectivity index (χ3v) is 3.60. The molecule has 1 aromatic carbocycles. The molecule has 0 aromatic heterocycles. The van der Waals surface area contributed by atoms with Crippen LogP contribution in [0, 0.1) is 12.3 Å². The summed E-state index contributed by atoms with van der Waals surface area (Å²) in [5.41, 5.74) is 8.55. The maximum atomic E-state index is 7.69. The number of hydrogen-bond acceptors (Lipinski definition) is 4. The minimum atomic E-state index is 0.0466. The molecule has 0 radical (unpaired) electrons. The van der Waals surface area contributed by atoms with E-state index >= 15 is 0 Å². The lowest BCUT2D eigenvalue weighted by atomic mass is 10.1. The van der Waals surface area contributed by atoms with Gasteiger partial charge < -0.3 is 20.1 Å². The monoisotopic (exact) mass is 263 g/mol. The number of nitrogens with two attached hydrogens (primary N) is 1. The molecular weight excluding hydrogens is 242 g/mol. The van der Waals surface area contributed by atoms with Crippen LogP contribution in [0.25, 0.3) is 0 Å². The Balaban J connectivity index is 2.32. The lowest BCUT2D eigenvalue weighted by Gasteiger charge is -2.21. The van der Waals surface area contributed by atoms with Crippen molar-refractivity contribution >= 4 is 11.5 Å². The summed E-state index contributed by atoms with van der Waals surface area (Å²) in [7, 11) is 3.39. The molecule has 2 unspecified atom stereocenters. The lowest BCUT2D eigenvalue weighted by Crippen LogP contribution is -2.27. The maximum absolute atomic E-state index is 7.69. The number of benzene rings is 1. The van der Waals surface area contributed by atoms with E-state index in [4.69, 9.17) is 20.6 Å². The number of rotatable bonds is 4. The highest BCUT2D eigenvalue weighted by molar-refractivity contribution is 6.00. The number of nitrogens with one attached hydrogen (secondary N) is 1. The quantitative estimate of drug-likeness (QED) is 0.631. The molecule has 1 fully saturated rings. The van der Waals surface area contributed by atoms with E-state index in [1.165, 1.54) is 0 Å². The molecule has 1 aromatic rings. The highest BCUT2D eigenvalue weighted by atomic mass is 16.5. The van der Waals surface area contributed by atoms with Gasteiger partial charge >= 0.3 is 0 Å². The first kappa shape index (κ1) is 13.8. The second-order valence-corrected chi connectivity index (χ2v) is 4.89. The van der Waals surface area contributed by atoms with E-state index in [-0.39, 0.29) is 18.0 Å². The zero-order valence-electron chi connectivity index (χ0n) is 11.6. The Morgan fingerprint density at radius 2 is 1.84 bits per heavy atom. The zero-order chi connectivity index (χ0) is 14.0.